The molecule has 0 saturated carbocycles. The molecule has 0 aliphatic heterocycles. The Hall–Kier alpha value is -2.48. The van der Waals surface area contributed by atoms with Gasteiger partial charge in [-0.3, -0.25) is 0 Å². The van der Waals surface area contributed by atoms with Crippen molar-refractivity contribution < 1.29 is 9.90 Å². The first-order valence-electron chi connectivity index (χ1n) is 6.18. The average Bonchev–Trinajstić information content (AvgIpc) is 2.49. The van der Waals surface area contributed by atoms with Crippen LogP contribution in [0.2, 0.25) is 10.0 Å². The van der Waals surface area contributed by atoms with E-state index in [0.29, 0.717) is 27.0 Å². The van der Waals surface area contributed by atoms with Gasteiger partial charge in [0.2, 0.25) is 0 Å². The molecule has 6 heteroatoms. The summed E-state index contributed by atoms with van der Waals surface area (Å²) in [7, 11) is 0. The van der Waals surface area contributed by atoms with Crippen LogP contribution in [0, 0.1) is 11.3 Å². The maximum atomic E-state index is 11.0. The van der Waals surface area contributed by atoms with Gasteiger partial charge in [0, 0.05) is 5.69 Å². The Labute approximate surface area is 137 Å². The number of anilines is 2. The van der Waals surface area contributed by atoms with E-state index in [0.717, 1.165) is 0 Å². The smallest absolute Gasteiger partial charge is 0.346 e. The lowest BCUT2D eigenvalue weighted by molar-refractivity contribution is -0.132. The Morgan fingerprint density at radius 3 is 2.36 bits per heavy atom. The van der Waals surface area contributed by atoms with Crippen LogP contribution in [-0.4, -0.2) is 11.1 Å². The molecule has 2 rings (SSSR count). The van der Waals surface area contributed by atoms with Crippen LogP contribution in [0.3, 0.4) is 0 Å². The molecule has 0 saturated heterocycles. The quantitative estimate of drug-likeness (QED) is 0.627. The van der Waals surface area contributed by atoms with Crippen molar-refractivity contribution in [1.29, 1.82) is 5.26 Å². The second-order valence-electron chi connectivity index (χ2n) is 4.28. The molecule has 0 aliphatic carbocycles. The number of carboxylic acids is 1. The minimum atomic E-state index is -1.28. The highest BCUT2D eigenvalue weighted by atomic mass is 35.5. The molecule has 2 aromatic carbocycles. The van der Waals surface area contributed by atoms with Crippen LogP contribution in [0.4, 0.5) is 11.4 Å². The van der Waals surface area contributed by atoms with E-state index in [1.54, 1.807) is 48.5 Å². The number of carbonyl (C=O) groups is 1. The fourth-order valence-electron chi connectivity index (χ4n) is 1.79. The largest absolute Gasteiger partial charge is 0.477 e. The van der Waals surface area contributed by atoms with Crippen molar-refractivity contribution in [3.63, 3.8) is 0 Å². The van der Waals surface area contributed by atoms with Gasteiger partial charge >= 0.3 is 5.97 Å². The van der Waals surface area contributed by atoms with Gasteiger partial charge in [0.1, 0.15) is 11.6 Å². The predicted molar refractivity (Wildman–Crippen MR) is 87.4 cm³/mol. The molecule has 0 spiro atoms. The molecular formula is C16H10Cl2N2O2. The number of carboxylic acid groups (broad SMARTS) is 1. The fourth-order valence-corrected chi connectivity index (χ4v) is 2.28. The van der Waals surface area contributed by atoms with Gasteiger partial charge in [0.25, 0.3) is 0 Å². The van der Waals surface area contributed by atoms with E-state index in [1.165, 1.54) is 6.08 Å². The highest BCUT2D eigenvalue weighted by molar-refractivity contribution is 6.39. The summed E-state index contributed by atoms with van der Waals surface area (Å²) in [6.45, 7) is 0. The molecule has 2 N–H and O–H groups in total. The lowest BCUT2D eigenvalue weighted by Gasteiger charge is -2.12. The molecule has 0 fully saturated rings. The molecule has 110 valence electrons. The van der Waals surface area contributed by atoms with Crippen LogP contribution >= 0.6 is 23.2 Å². The first-order valence-corrected chi connectivity index (χ1v) is 6.93. The van der Waals surface area contributed by atoms with Gasteiger partial charge in [-0.15, -0.1) is 0 Å². The minimum absolute atomic E-state index is 0.362. The molecular weight excluding hydrogens is 323 g/mol. The maximum Gasteiger partial charge on any atom is 0.346 e. The Morgan fingerprint density at radius 1 is 1.14 bits per heavy atom. The topological polar surface area (TPSA) is 73.1 Å². The summed E-state index contributed by atoms with van der Waals surface area (Å²) in [6, 6.07) is 13.7. The van der Waals surface area contributed by atoms with Crippen LogP contribution in [0.1, 0.15) is 5.56 Å². The third kappa shape index (κ3) is 3.59. The number of halogens is 2. The molecule has 0 unspecified atom stereocenters. The highest BCUT2D eigenvalue weighted by Crippen LogP contribution is 2.33. The lowest BCUT2D eigenvalue weighted by atomic mass is 10.1. The second-order valence-corrected chi connectivity index (χ2v) is 5.10. The number of rotatable bonds is 4. The Kier molecular flexibility index (Phi) is 5.05. The lowest BCUT2D eigenvalue weighted by Crippen LogP contribution is -1.99. The summed E-state index contributed by atoms with van der Waals surface area (Å²) >= 11 is 12.2. The number of para-hydroxylation sites is 2. The summed E-state index contributed by atoms with van der Waals surface area (Å²) in [5.74, 6) is -1.28. The molecule has 0 heterocycles. The SMILES string of the molecule is N#CC(=Cc1ccccc1Nc1c(Cl)cccc1Cl)C(=O)O. The van der Waals surface area contributed by atoms with E-state index in [2.05, 4.69) is 5.32 Å². The van der Waals surface area contributed by atoms with Crippen molar-refractivity contribution in [2.24, 2.45) is 0 Å². The first-order chi connectivity index (χ1) is 10.5. The van der Waals surface area contributed by atoms with Crippen LogP contribution in [0.5, 0.6) is 0 Å². The second kappa shape index (κ2) is 6.99. The van der Waals surface area contributed by atoms with E-state index in [4.69, 9.17) is 33.6 Å². The van der Waals surface area contributed by atoms with Crippen molar-refractivity contribution in [3.8, 4) is 6.07 Å². The molecule has 0 bridgehead atoms. The van der Waals surface area contributed by atoms with Gasteiger partial charge < -0.3 is 10.4 Å². The molecule has 4 nitrogen and oxygen atoms in total. The van der Waals surface area contributed by atoms with E-state index in [-0.39, 0.29) is 5.57 Å². The van der Waals surface area contributed by atoms with Crippen LogP contribution in [0.25, 0.3) is 6.08 Å². The van der Waals surface area contributed by atoms with Crippen LogP contribution < -0.4 is 5.32 Å². The van der Waals surface area contributed by atoms with Gasteiger partial charge in [-0.2, -0.15) is 5.26 Å². The Morgan fingerprint density at radius 2 is 1.77 bits per heavy atom. The number of aliphatic carboxylic acids is 1. The number of nitrogens with one attached hydrogen (secondary N) is 1. The zero-order valence-electron chi connectivity index (χ0n) is 11.2. The molecule has 2 aromatic rings. The van der Waals surface area contributed by atoms with Gasteiger partial charge in [-0.1, -0.05) is 47.5 Å². The summed E-state index contributed by atoms with van der Waals surface area (Å²) in [5, 5.41) is 21.8. The molecule has 0 amide bonds. The standard InChI is InChI=1S/C16H10Cl2N2O2/c17-12-5-3-6-13(18)15(12)20-14-7-2-1-4-10(14)8-11(9-19)16(21)22/h1-8,20H,(H,21,22). The van der Waals surface area contributed by atoms with Crippen molar-refractivity contribution in [2.45, 2.75) is 0 Å². The normalized spacial score (nSPS) is 10.9. The molecule has 0 atom stereocenters. The number of nitriles is 1. The molecule has 0 aromatic heterocycles. The van der Waals surface area contributed by atoms with Crippen LogP contribution in [0.15, 0.2) is 48.0 Å². The summed E-state index contributed by atoms with van der Waals surface area (Å²) in [6.07, 6.45) is 1.29. The molecule has 0 radical (unpaired) electrons. The van der Waals surface area contributed by atoms with E-state index in [1.807, 2.05) is 0 Å². The summed E-state index contributed by atoms with van der Waals surface area (Å²) < 4.78 is 0. The zero-order chi connectivity index (χ0) is 16.1. The monoisotopic (exact) mass is 332 g/mol. The maximum absolute atomic E-state index is 11.0. The average molecular weight is 333 g/mol. The third-order valence-corrected chi connectivity index (χ3v) is 3.46. The number of hydrogen-bond acceptors (Lipinski definition) is 3. The number of nitrogens with zero attached hydrogens (tertiary/aromatic N) is 1. The number of hydrogen-bond donors (Lipinski definition) is 2. The predicted octanol–water partition coefficient (Wildman–Crippen LogP) is 4.73. The van der Waals surface area contributed by atoms with Crippen molar-refractivity contribution in [2.75, 3.05) is 5.32 Å². The van der Waals surface area contributed by atoms with Gasteiger partial charge in [-0.05, 0) is 29.8 Å². The summed E-state index contributed by atoms with van der Waals surface area (Å²) in [5.41, 5.74) is 1.28. The van der Waals surface area contributed by atoms with Gasteiger partial charge in [0.05, 0.1) is 15.7 Å². The van der Waals surface area contributed by atoms with Crippen molar-refractivity contribution >= 4 is 46.6 Å². The Bertz CT molecular complexity index is 775. The highest BCUT2D eigenvalue weighted by Gasteiger charge is 2.10. The fraction of sp³-hybridized carbons (Fsp3) is 0. The van der Waals surface area contributed by atoms with Crippen molar-refractivity contribution in [3.05, 3.63) is 63.6 Å². The van der Waals surface area contributed by atoms with Crippen LogP contribution in [-0.2, 0) is 4.79 Å². The molecule has 0 aliphatic rings. The Balaban J connectivity index is 2.46. The van der Waals surface area contributed by atoms with Gasteiger partial charge in [-0.25, -0.2) is 4.79 Å². The third-order valence-electron chi connectivity index (χ3n) is 2.83. The van der Waals surface area contributed by atoms with E-state index >= 15 is 0 Å². The first kappa shape index (κ1) is 15.9. The number of benzene rings is 2. The van der Waals surface area contributed by atoms with Gasteiger partial charge in [0.15, 0.2) is 0 Å². The zero-order valence-corrected chi connectivity index (χ0v) is 12.7. The molecule has 22 heavy (non-hydrogen) atoms. The summed E-state index contributed by atoms with van der Waals surface area (Å²) in [4.78, 5) is 11.0. The van der Waals surface area contributed by atoms with Crippen molar-refractivity contribution in [1.82, 2.24) is 0 Å². The van der Waals surface area contributed by atoms with E-state index in [9.17, 15) is 4.79 Å². The minimum Gasteiger partial charge on any atom is -0.477 e. The van der Waals surface area contributed by atoms with E-state index < -0.39 is 5.97 Å².